The Labute approximate surface area is 113 Å². The van der Waals surface area contributed by atoms with Crippen LogP contribution < -0.4 is 11.1 Å². The number of nitrogens with zero attached hydrogens (tertiary/aromatic N) is 3. The average Bonchev–Trinajstić information content (AvgIpc) is 2.40. The Bertz CT molecular complexity index is 450. The van der Waals surface area contributed by atoms with Crippen molar-refractivity contribution in [2.75, 3.05) is 46.0 Å². The van der Waals surface area contributed by atoms with E-state index in [0.717, 1.165) is 19.6 Å². The molecule has 19 heavy (non-hydrogen) atoms. The number of piperazine rings is 1. The van der Waals surface area contributed by atoms with E-state index in [4.69, 9.17) is 5.73 Å². The van der Waals surface area contributed by atoms with Gasteiger partial charge < -0.3 is 16.0 Å². The van der Waals surface area contributed by atoms with Crippen LogP contribution in [-0.4, -0.2) is 67.0 Å². The van der Waals surface area contributed by atoms with Crippen LogP contribution in [0.5, 0.6) is 0 Å². The third-order valence-electron chi connectivity index (χ3n) is 3.53. The summed E-state index contributed by atoms with van der Waals surface area (Å²) in [6, 6.07) is 3.73. The largest absolute Gasteiger partial charge is 0.397 e. The van der Waals surface area contributed by atoms with Crippen molar-refractivity contribution in [3.05, 3.63) is 24.0 Å². The lowest BCUT2D eigenvalue weighted by Gasteiger charge is -2.37. The Hall–Kier alpha value is -1.66. The molecule has 0 bridgehead atoms. The number of aromatic nitrogens is 1. The smallest absolute Gasteiger partial charge is 0.272 e. The van der Waals surface area contributed by atoms with E-state index < -0.39 is 0 Å². The summed E-state index contributed by atoms with van der Waals surface area (Å²) < 4.78 is 0. The second-order valence-corrected chi connectivity index (χ2v) is 5.05. The summed E-state index contributed by atoms with van der Waals surface area (Å²) in [6.45, 7) is 3.64. The van der Waals surface area contributed by atoms with Gasteiger partial charge in [-0.3, -0.25) is 9.69 Å². The molecular weight excluding hydrogens is 242 g/mol. The van der Waals surface area contributed by atoms with Crippen molar-refractivity contribution in [2.24, 2.45) is 0 Å². The number of carbonyl (C=O) groups is 1. The second kappa shape index (κ2) is 5.99. The van der Waals surface area contributed by atoms with Gasteiger partial charge in [-0.1, -0.05) is 0 Å². The zero-order valence-electron chi connectivity index (χ0n) is 11.5. The van der Waals surface area contributed by atoms with E-state index in [1.54, 1.807) is 18.3 Å². The molecule has 1 saturated heterocycles. The van der Waals surface area contributed by atoms with Gasteiger partial charge in [0.1, 0.15) is 0 Å². The van der Waals surface area contributed by atoms with Crippen molar-refractivity contribution in [1.82, 2.24) is 20.1 Å². The number of likely N-dealkylation sites (N-methyl/N-ethyl adjacent to an activating group) is 2. The number of carbonyl (C=O) groups excluding carboxylic acids is 1. The summed E-state index contributed by atoms with van der Waals surface area (Å²) in [5.74, 6) is -0.209. The summed E-state index contributed by atoms with van der Waals surface area (Å²) in [5, 5.41) is 2.91. The molecule has 1 aromatic rings. The molecule has 0 aliphatic carbocycles. The normalized spacial score (nSPS) is 21.3. The molecule has 1 fully saturated rings. The minimum atomic E-state index is -0.209. The Morgan fingerprint density at radius 2 is 2.32 bits per heavy atom. The molecule has 0 radical (unpaired) electrons. The van der Waals surface area contributed by atoms with Crippen LogP contribution in [0.2, 0.25) is 0 Å². The first-order chi connectivity index (χ1) is 9.08. The third-order valence-corrected chi connectivity index (χ3v) is 3.53. The molecule has 104 valence electrons. The standard InChI is InChI=1S/C13H21N5O/c1-17-6-7-18(2)10(9-17)8-16-13(19)12-11(14)4-3-5-15-12/h3-5,10H,6-9,14H2,1-2H3,(H,16,19). The van der Waals surface area contributed by atoms with E-state index in [0.29, 0.717) is 24.0 Å². The Morgan fingerprint density at radius 1 is 1.53 bits per heavy atom. The van der Waals surface area contributed by atoms with Gasteiger partial charge >= 0.3 is 0 Å². The highest BCUT2D eigenvalue weighted by Crippen LogP contribution is 2.08. The molecule has 0 spiro atoms. The maximum atomic E-state index is 12.0. The number of hydrogen-bond donors (Lipinski definition) is 2. The van der Waals surface area contributed by atoms with Gasteiger partial charge in [0.2, 0.25) is 0 Å². The van der Waals surface area contributed by atoms with Gasteiger partial charge in [0.15, 0.2) is 5.69 Å². The van der Waals surface area contributed by atoms with Crippen LogP contribution in [0.1, 0.15) is 10.5 Å². The summed E-state index contributed by atoms with van der Waals surface area (Å²) in [6.07, 6.45) is 1.58. The molecule has 1 unspecified atom stereocenters. The molecule has 0 saturated carbocycles. The average molecular weight is 263 g/mol. The minimum Gasteiger partial charge on any atom is -0.397 e. The van der Waals surface area contributed by atoms with Gasteiger partial charge in [-0.05, 0) is 26.2 Å². The number of nitrogen functional groups attached to an aromatic ring is 1. The Morgan fingerprint density at radius 3 is 3.05 bits per heavy atom. The molecule has 1 aromatic heterocycles. The van der Waals surface area contributed by atoms with Crippen LogP contribution in [0.15, 0.2) is 18.3 Å². The Balaban J connectivity index is 1.91. The van der Waals surface area contributed by atoms with Crippen molar-refractivity contribution in [3.63, 3.8) is 0 Å². The topological polar surface area (TPSA) is 74.5 Å². The molecular formula is C13H21N5O. The van der Waals surface area contributed by atoms with E-state index >= 15 is 0 Å². The van der Waals surface area contributed by atoms with Crippen molar-refractivity contribution < 1.29 is 4.79 Å². The minimum absolute atomic E-state index is 0.209. The lowest BCUT2D eigenvalue weighted by Crippen LogP contribution is -2.54. The molecule has 6 heteroatoms. The molecule has 3 N–H and O–H groups in total. The lowest BCUT2D eigenvalue weighted by atomic mass is 10.2. The molecule has 1 aliphatic heterocycles. The number of nitrogens with two attached hydrogens (primary N) is 1. The van der Waals surface area contributed by atoms with E-state index in [-0.39, 0.29) is 5.91 Å². The van der Waals surface area contributed by atoms with Crippen molar-refractivity contribution in [2.45, 2.75) is 6.04 Å². The molecule has 1 amide bonds. The van der Waals surface area contributed by atoms with E-state index in [9.17, 15) is 4.79 Å². The first-order valence-electron chi connectivity index (χ1n) is 6.45. The fraction of sp³-hybridized carbons (Fsp3) is 0.538. The number of anilines is 1. The van der Waals surface area contributed by atoms with Crippen LogP contribution in [0.25, 0.3) is 0 Å². The van der Waals surface area contributed by atoms with Gasteiger partial charge in [0.05, 0.1) is 5.69 Å². The SMILES string of the molecule is CN1CCN(C)C(CNC(=O)c2ncccc2N)C1. The maximum absolute atomic E-state index is 12.0. The summed E-state index contributed by atoms with van der Waals surface area (Å²) in [5.41, 5.74) is 6.45. The van der Waals surface area contributed by atoms with E-state index in [1.807, 2.05) is 0 Å². The van der Waals surface area contributed by atoms with Gasteiger partial charge in [0.25, 0.3) is 5.91 Å². The Kier molecular flexibility index (Phi) is 4.34. The fourth-order valence-electron chi connectivity index (χ4n) is 2.22. The molecule has 6 nitrogen and oxygen atoms in total. The van der Waals surface area contributed by atoms with Crippen LogP contribution in [0.3, 0.4) is 0 Å². The first kappa shape index (κ1) is 13.8. The number of rotatable bonds is 3. The lowest BCUT2D eigenvalue weighted by molar-refractivity contribution is 0.0878. The van der Waals surface area contributed by atoms with Gasteiger partial charge in [-0.25, -0.2) is 4.98 Å². The monoisotopic (exact) mass is 263 g/mol. The molecule has 2 rings (SSSR count). The highest BCUT2D eigenvalue weighted by Gasteiger charge is 2.23. The molecule has 2 heterocycles. The number of nitrogens with one attached hydrogen (secondary N) is 1. The van der Waals surface area contributed by atoms with Gasteiger partial charge in [-0.15, -0.1) is 0 Å². The van der Waals surface area contributed by atoms with Crippen molar-refractivity contribution in [3.8, 4) is 0 Å². The predicted octanol–water partition coefficient (Wildman–Crippen LogP) is -0.361. The van der Waals surface area contributed by atoms with Gasteiger partial charge in [0, 0.05) is 38.4 Å². The summed E-state index contributed by atoms with van der Waals surface area (Å²) in [7, 11) is 4.18. The van der Waals surface area contributed by atoms with Gasteiger partial charge in [-0.2, -0.15) is 0 Å². The maximum Gasteiger partial charge on any atom is 0.272 e. The molecule has 1 atom stereocenters. The third kappa shape index (κ3) is 3.42. The molecule has 1 aliphatic rings. The van der Waals surface area contributed by atoms with Crippen LogP contribution >= 0.6 is 0 Å². The van der Waals surface area contributed by atoms with Crippen LogP contribution in [0, 0.1) is 0 Å². The van der Waals surface area contributed by atoms with Crippen molar-refractivity contribution >= 4 is 11.6 Å². The van der Waals surface area contributed by atoms with E-state index in [1.165, 1.54) is 0 Å². The number of pyridine rings is 1. The quantitative estimate of drug-likeness (QED) is 0.779. The van der Waals surface area contributed by atoms with Crippen LogP contribution in [-0.2, 0) is 0 Å². The highest BCUT2D eigenvalue weighted by molar-refractivity contribution is 5.96. The van der Waals surface area contributed by atoms with E-state index in [2.05, 4.69) is 34.2 Å². The molecule has 0 aromatic carbocycles. The highest BCUT2D eigenvalue weighted by atomic mass is 16.1. The fourth-order valence-corrected chi connectivity index (χ4v) is 2.22. The number of hydrogen-bond acceptors (Lipinski definition) is 5. The second-order valence-electron chi connectivity index (χ2n) is 5.05. The summed E-state index contributed by atoms with van der Waals surface area (Å²) in [4.78, 5) is 20.6. The first-order valence-corrected chi connectivity index (χ1v) is 6.45. The predicted molar refractivity (Wildman–Crippen MR) is 74.9 cm³/mol. The summed E-state index contributed by atoms with van der Waals surface area (Å²) >= 11 is 0. The zero-order valence-corrected chi connectivity index (χ0v) is 11.5. The number of amides is 1. The van der Waals surface area contributed by atoms with Crippen LogP contribution in [0.4, 0.5) is 5.69 Å². The van der Waals surface area contributed by atoms with Crippen molar-refractivity contribution in [1.29, 1.82) is 0 Å². The zero-order chi connectivity index (χ0) is 13.8.